The molecule has 0 aliphatic carbocycles. The number of carbonyl (C=O) groups is 1. The summed E-state index contributed by atoms with van der Waals surface area (Å²) in [5, 5.41) is 1.21. The third-order valence-electron chi connectivity index (χ3n) is 4.42. The Bertz CT molecular complexity index is 783. The molecule has 2 aliphatic rings. The van der Waals surface area contributed by atoms with Crippen molar-refractivity contribution in [3.8, 4) is 11.5 Å². The Morgan fingerprint density at radius 3 is 2.00 bits per heavy atom. The van der Waals surface area contributed by atoms with Crippen LogP contribution in [0, 0.1) is 0 Å². The van der Waals surface area contributed by atoms with Crippen LogP contribution in [0.3, 0.4) is 0 Å². The summed E-state index contributed by atoms with van der Waals surface area (Å²) in [5.74, 6) is 0.926. The quantitative estimate of drug-likeness (QED) is 0.743. The van der Waals surface area contributed by atoms with E-state index < -0.39 is 6.29 Å². The number of benzene rings is 2. The number of morpholine rings is 1. The molecule has 1 saturated heterocycles. The molecular formula is C19H17Cl2NO4. The van der Waals surface area contributed by atoms with Gasteiger partial charge < -0.3 is 19.1 Å². The van der Waals surface area contributed by atoms with E-state index in [-0.39, 0.29) is 5.91 Å². The lowest BCUT2D eigenvalue weighted by atomic mass is 10.0. The Hall–Kier alpha value is -1.95. The first kappa shape index (κ1) is 17.5. The zero-order valence-corrected chi connectivity index (χ0v) is 15.4. The summed E-state index contributed by atoms with van der Waals surface area (Å²) in [6.07, 6.45) is -0.530. The maximum Gasteiger partial charge on any atom is 0.321 e. The first-order chi connectivity index (χ1) is 12.6. The molecule has 136 valence electrons. The molecule has 26 heavy (non-hydrogen) atoms. The van der Waals surface area contributed by atoms with Crippen molar-refractivity contribution in [3.05, 3.63) is 57.6 Å². The summed E-state index contributed by atoms with van der Waals surface area (Å²) in [5.41, 5.74) is 1.76. The van der Waals surface area contributed by atoms with E-state index in [1.165, 1.54) is 0 Å². The molecule has 0 atom stereocenters. The van der Waals surface area contributed by atoms with Crippen molar-refractivity contribution in [2.24, 2.45) is 0 Å². The fourth-order valence-corrected chi connectivity index (χ4v) is 3.49. The van der Waals surface area contributed by atoms with E-state index in [0.717, 1.165) is 11.1 Å². The number of carbonyl (C=O) groups excluding carboxylic acids is 1. The second-order valence-corrected chi connectivity index (χ2v) is 7.06. The highest BCUT2D eigenvalue weighted by molar-refractivity contribution is 6.31. The molecule has 4 rings (SSSR count). The van der Waals surface area contributed by atoms with Crippen LogP contribution in [0.1, 0.15) is 11.1 Å². The molecule has 2 heterocycles. The van der Waals surface area contributed by atoms with Crippen LogP contribution in [0.5, 0.6) is 11.5 Å². The molecule has 0 N–H and O–H groups in total. The van der Waals surface area contributed by atoms with E-state index >= 15 is 0 Å². The zero-order valence-electron chi connectivity index (χ0n) is 13.9. The van der Waals surface area contributed by atoms with Gasteiger partial charge >= 0.3 is 12.2 Å². The molecule has 0 aromatic heterocycles. The average molecular weight is 394 g/mol. The topological polar surface area (TPSA) is 48.0 Å². The summed E-state index contributed by atoms with van der Waals surface area (Å²) >= 11 is 12.3. The molecule has 2 aromatic rings. The van der Waals surface area contributed by atoms with E-state index in [9.17, 15) is 4.79 Å². The molecule has 0 radical (unpaired) electrons. The number of rotatable bonds is 1. The summed E-state index contributed by atoms with van der Waals surface area (Å²) in [6.45, 7) is 2.06. The third-order valence-corrected chi connectivity index (χ3v) is 4.89. The number of fused-ring (bicyclic) bond motifs is 2. The van der Waals surface area contributed by atoms with E-state index in [1.807, 2.05) is 12.1 Å². The van der Waals surface area contributed by atoms with Gasteiger partial charge in [0.15, 0.2) is 0 Å². The summed E-state index contributed by atoms with van der Waals surface area (Å²) in [7, 11) is 0. The van der Waals surface area contributed by atoms with Crippen LogP contribution in [0.2, 0.25) is 10.0 Å². The highest BCUT2D eigenvalue weighted by Gasteiger charge is 2.32. The van der Waals surface area contributed by atoms with Crippen molar-refractivity contribution < 1.29 is 19.0 Å². The Morgan fingerprint density at radius 2 is 1.46 bits per heavy atom. The summed E-state index contributed by atoms with van der Waals surface area (Å²) in [4.78, 5) is 14.6. The predicted molar refractivity (Wildman–Crippen MR) is 98.2 cm³/mol. The van der Waals surface area contributed by atoms with Gasteiger partial charge in [-0.1, -0.05) is 23.2 Å². The minimum absolute atomic E-state index is 0.225. The molecule has 1 amide bonds. The van der Waals surface area contributed by atoms with E-state index in [1.54, 1.807) is 29.2 Å². The molecule has 0 saturated carbocycles. The number of amides is 1. The SMILES string of the molecule is O=C(C1Oc2ccc(Cl)cc2Cc2cc(Cl)ccc2O1)N1CCOCC1. The zero-order chi connectivity index (χ0) is 18.1. The molecule has 0 bridgehead atoms. The van der Waals surface area contributed by atoms with E-state index in [0.29, 0.717) is 54.3 Å². The minimum Gasteiger partial charge on any atom is -0.446 e. The van der Waals surface area contributed by atoms with Gasteiger partial charge in [-0.25, -0.2) is 0 Å². The van der Waals surface area contributed by atoms with E-state index in [2.05, 4.69) is 0 Å². The van der Waals surface area contributed by atoms with Crippen LogP contribution >= 0.6 is 23.2 Å². The van der Waals surface area contributed by atoms with Gasteiger partial charge in [0.05, 0.1) is 13.2 Å². The van der Waals surface area contributed by atoms with Crippen molar-refractivity contribution in [2.75, 3.05) is 26.3 Å². The molecule has 0 unspecified atom stereocenters. The fourth-order valence-electron chi connectivity index (χ4n) is 3.10. The molecular weight excluding hydrogens is 377 g/mol. The van der Waals surface area contributed by atoms with Crippen LogP contribution < -0.4 is 9.47 Å². The lowest BCUT2D eigenvalue weighted by Crippen LogP contribution is -2.49. The molecule has 7 heteroatoms. The minimum atomic E-state index is -1.08. The number of hydrogen-bond donors (Lipinski definition) is 0. The van der Waals surface area contributed by atoms with Crippen molar-refractivity contribution in [2.45, 2.75) is 12.7 Å². The van der Waals surface area contributed by atoms with Gasteiger partial charge in [0, 0.05) is 40.7 Å². The molecule has 5 nitrogen and oxygen atoms in total. The van der Waals surface area contributed by atoms with Crippen molar-refractivity contribution in [1.82, 2.24) is 4.90 Å². The predicted octanol–water partition coefficient (Wildman–Crippen LogP) is 3.54. The van der Waals surface area contributed by atoms with Gasteiger partial charge in [-0.05, 0) is 36.4 Å². The Morgan fingerprint density at radius 1 is 0.923 bits per heavy atom. The first-order valence-corrected chi connectivity index (χ1v) is 9.12. The highest BCUT2D eigenvalue weighted by atomic mass is 35.5. The summed E-state index contributed by atoms with van der Waals surface area (Å²) < 4.78 is 17.2. The van der Waals surface area contributed by atoms with Gasteiger partial charge in [0.25, 0.3) is 0 Å². The lowest BCUT2D eigenvalue weighted by Gasteiger charge is -2.32. The van der Waals surface area contributed by atoms with Gasteiger partial charge in [-0.3, -0.25) is 4.79 Å². The van der Waals surface area contributed by atoms with Crippen LogP contribution in [-0.2, 0) is 16.0 Å². The normalized spacial score (nSPS) is 17.2. The highest BCUT2D eigenvalue weighted by Crippen LogP contribution is 2.34. The van der Waals surface area contributed by atoms with Gasteiger partial charge in [0.2, 0.25) is 0 Å². The maximum atomic E-state index is 12.9. The third kappa shape index (κ3) is 3.61. The van der Waals surface area contributed by atoms with Crippen molar-refractivity contribution >= 4 is 29.1 Å². The van der Waals surface area contributed by atoms with Crippen LogP contribution in [-0.4, -0.2) is 43.4 Å². The largest absolute Gasteiger partial charge is 0.446 e. The monoisotopic (exact) mass is 393 g/mol. The lowest BCUT2D eigenvalue weighted by molar-refractivity contribution is -0.155. The molecule has 0 spiro atoms. The van der Waals surface area contributed by atoms with Crippen molar-refractivity contribution in [3.63, 3.8) is 0 Å². The van der Waals surface area contributed by atoms with Crippen LogP contribution in [0.4, 0.5) is 0 Å². The number of hydrogen-bond acceptors (Lipinski definition) is 4. The summed E-state index contributed by atoms with van der Waals surface area (Å²) in [6, 6.07) is 10.7. The van der Waals surface area contributed by atoms with Gasteiger partial charge in [-0.2, -0.15) is 0 Å². The second-order valence-electron chi connectivity index (χ2n) is 6.19. The smallest absolute Gasteiger partial charge is 0.321 e. The van der Waals surface area contributed by atoms with Crippen molar-refractivity contribution in [1.29, 1.82) is 0 Å². The van der Waals surface area contributed by atoms with Gasteiger partial charge in [0.1, 0.15) is 11.5 Å². The second kappa shape index (κ2) is 7.35. The average Bonchev–Trinajstić information content (AvgIpc) is 2.63. The Labute approximate surface area is 161 Å². The maximum absolute atomic E-state index is 12.9. The van der Waals surface area contributed by atoms with E-state index in [4.69, 9.17) is 37.4 Å². The number of halogens is 2. The van der Waals surface area contributed by atoms with Gasteiger partial charge in [-0.15, -0.1) is 0 Å². The first-order valence-electron chi connectivity index (χ1n) is 8.37. The number of ether oxygens (including phenoxy) is 3. The molecule has 2 aromatic carbocycles. The van der Waals surface area contributed by atoms with Crippen LogP contribution in [0.25, 0.3) is 0 Å². The Balaban J connectivity index is 1.72. The molecule has 2 aliphatic heterocycles. The molecule has 1 fully saturated rings. The fraction of sp³-hybridized carbons (Fsp3) is 0.316. The van der Waals surface area contributed by atoms with Crippen LogP contribution in [0.15, 0.2) is 36.4 Å². The number of nitrogens with zero attached hydrogens (tertiary/aromatic N) is 1. The Kier molecular flexibility index (Phi) is 4.94. The standard InChI is InChI=1S/C19H17Cl2NO4/c20-14-1-3-16-12(10-14)9-13-11-15(21)2-4-17(13)26-19(25-16)18(23)22-5-7-24-8-6-22/h1-4,10-11,19H,5-9H2.